The minimum Gasteiger partial charge on any atom is -0.368 e. The molecule has 27 heavy (non-hydrogen) atoms. The van der Waals surface area contributed by atoms with Crippen molar-refractivity contribution >= 4 is 33.3 Å². The van der Waals surface area contributed by atoms with Crippen LogP contribution in [0.25, 0.3) is 21.5 Å². The van der Waals surface area contributed by atoms with E-state index in [0.717, 1.165) is 49.4 Å². The Labute approximate surface area is 163 Å². The number of aromatic nitrogens is 1. The number of pyridine rings is 1. The second-order valence-electron chi connectivity index (χ2n) is 6.69. The van der Waals surface area contributed by atoms with Crippen molar-refractivity contribution in [2.75, 3.05) is 37.6 Å². The second kappa shape index (κ2) is 7.96. The SMILES string of the molecule is CCNC(=O)N1CCCN(c2cc(-c3ccccc3)nc3ccsc23)CC1. The Morgan fingerprint density at radius 1 is 1.15 bits per heavy atom. The van der Waals surface area contributed by atoms with Crippen LogP contribution in [-0.2, 0) is 0 Å². The number of urea groups is 1. The lowest BCUT2D eigenvalue weighted by atomic mass is 10.1. The zero-order chi connectivity index (χ0) is 18.6. The standard InChI is InChI=1S/C21H24N4OS/c1-2-22-21(26)25-11-6-10-24(12-13-25)19-15-18(16-7-4-3-5-8-16)23-17-9-14-27-20(17)19/h3-5,7-9,14-15H,2,6,10-13H2,1H3,(H,22,26). The van der Waals surface area contributed by atoms with E-state index in [1.807, 2.05) is 30.0 Å². The summed E-state index contributed by atoms with van der Waals surface area (Å²) in [7, 11) is 0. The van der Waals surface area contributed by atoms with E-state index in [1.54, 1.807) is 11.3 Å². The number of carbonyl (C=O) groups is 1. The number of thiophene rings is 1. The maximum absolute atomic E-state index is 12.2. The molecule has 1 aliphatic heterocycles. The van der Waals surface area contributed by atoms with E-state index in [1.165, 1.54) is 10.4 Å². The molecule has 1 N–H and O–H groups in total. The van der Waals surface area contributed by atoms with Gasteiger partial charge in [0.2, 0.25) is 0 Å². The molecule has 5 nitrogen and oxygen atoms in total. The first-order chi connectivity index (χ1) is 13.3. The van der Waals surface area contributed by atoms with Gasteiger partial charge in [-0.15, -0.1) is 11.3 Å². The van der Waals surface area contributed by atoms with E-state index < -0.39 is 0 Å². The average Bonchev–Trinajstić information content (AvgIpc) is 3.04. The molecule has 2 amide bonds. The highest BCUT2D eigenvalue weighted by molar-refractivity contribution is 7.17. The monoisotopic (exact) mass is 380 g/mol. The van der Waals surface area contributed by atoms with E-state index >= 15 is 0 Å². The third-order valence-corrected chi connectivity index (χ3v) is 5.84. The smallest absolute Gasteiger partial charge is 0.317 e. The molecular weight excluding hydrogens is 356 g/mol. The highest BCUT2D eigenvalue weighted by Gasteiger charge is 2.21. The number of hydrogen-bond acceptors (Lipinski definition) is 4. The molecule has 1 aromatic carbocycles. The van der Waals surface area contributed by atoms with Crippen LogP contribution in [0.2, 0.25) is 0 Å². The molecule has 2 aromatic heterocycles. The van der Waals surface area contributed by atoms with Crippen molar-refractivity contribution in [3.05, 3.63) is 47.8 Å². The lowest BCUT2D eigenvalue weighted by molar-refractivity contribution is 0.202. The Bertz CT molecular complexity index is 924. The predicted octanol–water partition coefficient (Wildman–Crippen LogP) is 4.20. The molecule has 140 valence electrons. The third-order valence-electron chi connectivity index (χ3n) is 4.91. The van der Waals surface area contributed by atoms with Gasteiger partial charge in [-0.3, -0.25) is 0 Å². The molecule has 3 aromatic rings. The van der Waals surface area contributed by atoms with Gasteiger partial charge in [-0.05, 0) is 30.9 Å². The molecule has 1 fully saturated rings. The van der Waals surface area contributed by atoms with Gasteiger partial charge in [0.1, 0.15) is 0 Å². The van der Waals surface area contributed by atoms with Crippen molar-refractivity contribution in [3.8, 4) is 11.3 Å². The number of fused-ring (bicyclic) bond motifs is 1. The summed E-state index contributed by atoms with van der Waals surface area (Å²) in [5, 5.41) is 5.02. The van der Waals surface area contributed by atoms with Crippen molar-refractivity contribution in [1.29, 1.82) is 0 Å². The molecule has 0 radical (unpaired) electrons. The van der Waals surface area contributed by atoms with Gasteiger partial charge in [0.25, 0.3) is 0 Å². The fraction of sp³-hybridized carbons (Fsp3) is 0.333. The van der Waals surface area contributed by atoms with Crippen molar-refractivity contribution in [2.45, 2.75) is 13.3 Å². The van der Waals surface area contributed by atoms with Crippen LogP contribution in [0, 0.1) is 0 Å². The number of anilines is 1. The van der Waals surface area contributed by atoms with Gasteiger partial charge in [0, 0.05) is 38.3 Å². The minimum atomic E-state index is 0.0420. The molecule has 1 aliphatic rings. The van der Waals surface area contributed by atoms with Crippen molar-refractivity contribution in [2.24, 2.45) is 0 Å². The van der Waals surface area contributed by atoms with Gasteiger partial charge in [-0.2, -0.15) is 0 Å². The molecule has 0 bridgehead atoms. The van der Waals surface area contributed by atoms with E-state index in [2.05, 4.69) is 39.9 Å². The molecule has 0 saturated carbocycles. The Kier molecular flexibility index (Phi) is 5.25. The van der Waals surface area contributed by atoms with Gasteiger partial charge in [0.15, 0.2) is 0 Å². The summed E-state index contributed by atoms with van der Waals surface area (Å²) in [4.78, 5) is 21.4. The maximum atomic E-state index is 12.2. The molecule has 6 heteroatoms. The minimum absolute atomic E-state index is 0.0420. The second-order valence-corrected chi connectivity index (χ2v) is 7.61. The summed E-state index contributed by atoms with van der Waals surface area (Å²) >= 11 is 1.74. The Balaban J connectivity index is 1.65. The van der Waals surface area contributed by atoms with Crippen LogP contribution in [0.3, 0.4) is 0 Å². The molecule has 1 saturated heterocycles. The van der Waals surface area contributed by atoms with Crippen LogP contribution in [0.15, 0.2) is 47.8 Å². The zero-order valence-corrected chi connectivity index (χ0v) is 16.3. The lowest BCUT2D eigenvalue weighted by Gasteiger charge is -2.24. The van der Waals surface area contributed by atoms with Crippen molar-refractivity contribution in [1.82, 2.24) is 15.2 Å². The first kappa shape index (κ1) is 17.8. The Morgan fingerprint density at radius 2 is 2.00 bits per heavy atom. The van der Waals surface area contributed by atoms with Crippen LogP contribution in [-0.4, -0.2) is 48.6 Å². The number of amides is 2. The van der Waals surface area contributed by atoms with Crippen LogP contribution >= 0.6 is 11.3 Å². The van der Waals surface area contributed by atoms with Crippen molar-refractivity contribution < 1.29 is 4.79 Å². The average molecular weight is 381 g/mol. The number of carbonyl (C=O) groups excluding carboxylic acids is 1. The largest absolute Gasteiger partial charge is 0.368 e. The topological polar surface area (TPSA) is 48.5 Å². The molecule has 0 aliphatic carbocycles. The summed E-state index contributed by atoms with van der Waals surface area (Å²) in [5.41, 5.74) is 4.40. The number of rotatable bonds is 3. The number of nitrogens with one attached hydrogen (secondary N) is 1. The first-order valence-electron chi connectivity index (χ1n) is 9.47. The predicted molar refractivity (Wildman–Crippen MR) is 113 cm³/mol. The number of benzene rings is 1. The highest BCUT2D eigenvalue weighted by atomic mass is 32.1. The summed E-state index contributed by atoms with van der Waals surface area (Å²) in [5.74, 6) is 0. The normalized spacial score (nSPS) is 15.0. The molecule has 4 rings (SSSR count). The van der Waals surface area contributed by atoms with Crippen molar-refractivity contribution in [3.63, 3.8) is 0 Å². The van der Waals surface area contributed by atoms with E-state index in [-0.39, 0.29) is 6.03 Å². The zero-order valence-electron chi connectivity index (χ0n) is 15.5. The summed E-state index contributed by atoms with van der Waals surface area (Å²) in [6.07, 6.45) is 0.965. The molecule has 0 atom stereocenters. The fourth-order valence-electron chi connectivity index (χ4n) is 3.56. The Hall–Kier alpha value is -2.60. The van der Waals surface area contributed by atoms with Gasteiger partial charge >= 0.3 is 6.03 Å². The van der Waals surface area contributed by atoms with Gasteiger partial charge < -0.3 is 15.1 Å². The molecule has 3 heterocycles. The molecular formula is C21H24N4OS. The fourth-order valence-corrected chi connectivity index (χ4v) is 4.43. The van der Waals surface area contributed by atoms with E-state index in [0.29, 0.717) is 6.54 Å². The van der Waals surface area contributed by atoms with E-state index in [9.17, 15) is 4.79 Å². The third kappa shape index (κ3) is 3.76. The van der Waals surface area contributed by atoms with Crippen LogP contribution in [0.5, 0.6) is 0 Å². The van der Waals surface area contributed by atoms with Gasteiger partial charge in [-0.25, -0.2) is 9.78 Å². The van der Waals surface area contributed by atoms with E-state index in [4.69, 9.17) is 4.98 Å². The molecule has 0 unspecified atom stereocenters. The Morgan fingerprint density at radius 3 is 2.81 bits per heavy atom. The summed E-state index contributed by atoms with van der Waals surface area (Å²) in [6.45, 7) is 5.94. The quantitative estimate of drug-likeness (QED) is 0.741. The number of nitrogens with zero attached hydrogens (tertiary/aromatic N) is 3. The van der Waals surface area contributed by atoms with Crippen LogP contribution < -0.4 is 10.2 Å². The first-order valence-corrected chi connectivity index (χ1v) is 10.4. The van der Waals surface area contributed by atoms with Crippen LogP contribution in [0.4, 0.5) is 10.5 Å². The van der Waals surface area contributed by atoms with Gasteiger partial charge in [-0.1, -0.05) is 30.3 Å². The summed E-state index contributed by atoms with van der Waals surface area (Å²) in [6, 6.07) is 14.7. The van der Waals surface area contributed by atoms with Crippen LogP contribution in [0.1, 0.15) is 13.3 Å². The summed E-state index contributed by atoms with van der Waals surface area (Å²) < 4.78 is 1.22. The van der Waals surface area contributed by atoms with Gasteiger partial charge in [0.05, 0.1) is 21.6 Å². The molecule has 0 spiro atoms. The highest BCUT2D eigenvalue weighted by Crippen LogP contribution is 2.34. The number of hydrogen-bond donors (Lipinski definition) is 1. The maximum Gasteiger partial charge on any atom is 0.317 e. The lowest BCUT2D eigenvalue weighted by Crippen LogP contribution is -2.41.